The fourth-order valence-electron chi connectivity index (χ4n) is 2.45. The molecule has 8 nitrogen and oxygen atoms in total. The molecule has 2 aromatic carbocycles. The van der Waals surface area contributed by atoms with Crippen molar-refractivity contribution >= 4 is 31.5 Å². The number of carbonyl (C=O) groups excluding carboxylic acids is 1. The SMILES string of the molecule is CCS(=O)(=O)CCNC(=O)c1cccc(S(=O)(=O)N(C)c2ccc(OC)cc2)c1. The first-order valence-corrected chi connectivity index (χ1v) is 12.1. The summed E-state index contributed by atoms with van der Waals surface area (Å²) in [5.41, 5.74) is 0.563. The van der Waals surface area contributed by atoms with Crippen molar-refractivity contribution in [2.75, 3.05) is 36.5 Å². The summed E-state index contributed by atoms with van der Waals surface area (Å²) in [5, 5.41) is 2.50. The molecular formula is C19H24N2O6S2. The molecule has 10 heteroatoms. The number of hydrogen-bond acceptors (Lipinski definition) is 6. The standard InChI is InChI=1S/C19H24N2O6S2/c1-4-28(23,24)13-12-20-19(22)15-6-5-7-18(14-15)29(25,26)21(2)16-8-10-17(27-3)11-9-16/h5-11,14H,4,12-13H2,1-3H3,(H,20,22). The number of ether oxygens (including phenoxy) is 1. The van der Waals surface area contributed by atoms with E-state index in [0.717, 1.165) is 4.31 Å². The van der Waals surface area contributed by atoms with Gasteiger partial charge < -0.3 is 10.1 Å². The molecule has 0 aliphatic rings. The highest BCUT2D eigenvalue weighted by molar-refractivity contribution is 7.92. The Hall–Kier alpha value is -2.59. The van der Waals surface area contributed by atoms with Crippen LogP contribution in [0.4, 0.5) is 5.69 Å². The minimum atomic E-state index is -3.90. The van der Waals surface area contributed by atoms with Crippen LogP contribution in [-0.4, -0.2) is 55.0 Å². The molecular weight excluding hydrogens is 416 g/mol. The first-order valence-electron chi connectivity index (χ1n) is 8.82. The van der Waals surface area contributed by atoms with Gasteiger partial charge in [0.05, 0.1) is 23.4 Å². The maximum Gasteiger partial charge on any atom is 0.264 e. The number of hydrogen-bond donors (Lipinski definition) is 1. The topological polar surface area (TPSA) is 110 Å². The average Bonchev–Trinajstić information content (AvgIpc) is 2.73. The van der Waals surface area contributed by atoms with E-state index >= 15 is 0 Å². The summed E-state index contributed by atoms with van der Waals surface area (Å²) in [6, 6.07) is 12.1. The monoisotopic (exact) mass is 440 g/mol. The van der Waals surface area contributed by atoms with E-state index in [1.54, 1.807) is 24.3 Å². The molecule has 1 N–H and O–H groups in total. The fraction of sp³-hybridized carbons (Fsp3) is 0.316. The highest BCUT2D eigenvalue weighted by Gasteiger charge is 2.22. The van der Waals surface area contributed by atoms with Crippen LogP contribution in [0, 0.1) is 0 Å². The number of nitrogens with zero attached hydrogens (tertiary/aromatic N) is 1. The molecule has 2 aromatic rings. The number of sulfonamides is 1. The zero-order valence-electron chi connectivity index (χ0n) is 16.5. The molecule has 0 spiro atoms. The minimum Gasteiger partial charge on any atom is -0.497 e. The third-order valence-electron chi connectivity index (χ3n) is 4.33. The first-order chi connectivity index (χ1) is 13.6. The quantitative estimate of drug-likeness (QED) is 0.635. The van der Waals surface area contributed by atoms with Crippen molar-refractivity contribution in [3.8, 4) is 5.75 Å². The van der Waals surface area contributed by atoms with Gasteiger partial charge in [-0.25, -0.2) is 16.8 Å². The third kappa shape index (κ3) is 5.70. The maximum absolute atomic E-state index is 12.9. The minimum absolute atomic E-state index is 0.00566. The van der Waals surface area contributed by atoms with E-state index in [-0.39, 0.29) is 28.5 Å². The second-order valence-corrected chi connectivity index (χ2v) is 10.6. The largest absolute Gasteiger partial charge is 0.497 e. The zero-order chi connectivity index (χ0) is 21.7. The fourth-order valence-corrected chi connectivity index (χ4v) is 4.40. The average molecular weight is 441 g/mol. The third-order valence-corrected chi connectivity index (χ3v) is 7.82. The van der Waals surface area contributed by atoms with E-state index < -0.39 is 25.8 Å². The lowest BCUT2D eigenvalue weighted by molar-refractivity contribution is 0.0956. The lowest BCUT2D eigenvalue weighted by Gasteiger charge is -2.20. The van der Waals surface area contributed by atoms with Crippen molar-refractivity contribution in [1.29, 1.82) is 0 Å². The summed E-state index contributed by atoms with van der Waals surface area (Å²) >= 11 is 0. The van der Waals surface area contributed by atoms with Crippen molar-refractivity contribution in [2.45, 2.75) is 11.8 Å². The summed E-state index contributed by atoms with van der Waals surface area (Å²) in [6.45, 7) is 1.49. The molecule has 0 aliphatic heterocycles. The molecule has 0 radical (unpaired) electrons. The number of sulfone groups is 1. The van der Waals surface area contributed by atoms with E-state index in [1.165, 1.54) is 45.3 Å². The van der Waals surface area contributed by atoms with Crippen LogP contribution in [0.2, 0.25) is 0 Å². The Labute approximate surface area is 171 Å². The number of rotatable bonds is 9. The van der Waals surface area contributed by atoms with Gasteiger partial charge in [-0.05, 0) is 42.5 Å². The number of methoxy groups -OCH3 is 1. The molecule has 0 fully saturated rings. The van der Waals surface area contributed by atoms with Crippen molar-refractivity contribution < 1.29 is 26.4 Å². The molecule has 0 aromatic heterocycles. The molecule has 29 heavy (non-hydrogen) atoms. The molecule has 2 rings (SSSR count). The van der Waals surface area contributed by atoms with E-state index in [9.17, 15) is 21.6 Å². The van der Waals surface area contributed by atoms with Gasteiger partial charge in [-0.2, -0.15) is 0 Å². The Morgan fingerprint density at radius 1 is 1.07 bits per heavy atom. The summed E-state index contributed by atoms with van der Waals surface area (Å²) in [5.74, 6) is -0.120. The summed E-state index contributed by atoms with van der Waals surface area (Å²) in [7, 11) is -4.17. The van der Waals surface area contributed by atoms with Gasteiger partial charge in [-0.1, -0.05) is 13.0 Å². The van der Waals surface area contributed by atoms with Crippen molar-refractivity contribution in [2.24, 2.45) is 0 Å². The van der Waals surface area contributed by atoms with E-state index in [1.807, 2.05) is 0 Å². The number of amides is 1. The van der Waals surface area contributed by atoms with E-state index in [4.69, 9.17) is 4.74 Å². The molecule has 0 aliphatic carbocycles. The van der Waals surface area contributed by atoms with Crippen LogP contribution < -0.4 is 14.4 Å². The van der Waals surface area contributed by atoms with Gasteiger partial charge in [-0.3, -0.25) is 9.10 Å². The Morgan fingerprint density at radius 3 is 2.31 bits per heavy atom. The number of nitrogens with one attached hydrogen (secondary N) is 1. The molecule has 0 saturated heterocycles. The predicted octanol–water partition coefficient (Wildman–Crippen LogP) is 1.68. The normalized spacial score (nSPS) is 11.7. The molecule has 0 unspecified atom stereocenters. The van der Waals surface area contributed by atoms with Crippen LogP contribution in [0.1, 0.15) is 17.3 Å². The first kappa shape index (κ1) is 22.7. The molecule has 1 amide bonds. The van der Waals surface area contributed by atoms with Crippen molar-refractivity contribution in [1.82, 2.24) is 5.32 Å². The highest BCUT2D eigenvalue weighted by atomic mass is 32.2. The Morgan fingerprint density at radius 2 is 1.72 bits per heavy atom. The van der Waals surface area contributed by atoms with Crippen LogP contribution in [0.25, 0.3) is 0 Å². The highest BCUT2D eigenvalue weighted by Crippen LogP contribution is 2.24. The van der Waals surface area contributed by atoms with E-state index in [2.05, 4.69) is 5.32 Å². The smallest absolute Gasteiger partial charge is 0.264 e. The van der Waals surface area contributed by atoms with Gasteiger partial charge in [0.1, 0.15) is 5.75 Å². The lowest BCUT2D eigenvalue weighted by Crippen LogP contribution is -2.30. The summed E-state index contributed by atoms with van der Waals surface area (Å²) in [4.78, 5) is 12.2. The summed E-state index contributed by atoms with van der Waals surface area (Å²) in [6.07, 6.45) is 0. The van der Waals surface area contributed by atoms with Crippen LogP contribution in [0.15, 0.2) is 53.4 Å². The number of benzene rings is 2. The van der Waals surface area contributed by atoms with Gasteiger partial charge in [0.15, 0.2) is 9.84 Å². The van der Waals surface area contributed by atoms with Crippen molar-refractivity contribution in [3.05, 3.63) is 54.1 Å². The Bertz CT molecular complexity index is 1060. The molecule has 0 saturated carbocycles. The maximum atomic E-state index is 12.9. The Kier molecular flexibility index (Phi) is 7.26. The summed E-state index contributed by atoms with van der Waals surface area (Å²) < 4.78 is 55.1. The number of carbonyl (C=O) groups is 1. The van der Waals surface area contributed by atoms with E-state index in [0.29, 0.717) is 11.4 Å². The predicted molar refractivity (Wildman–Crippen MR) is 112 cm³/mol. The van der Waals surface area contributed by atoms with Crippen LogP contribution in [0.5, 0.6) is 5.75 Å². The van der Waals surface area contributed by atoms with Crippen LogP contribution in [-0.2, 0) is 19.9 Å². The van der Waals surface area contributed by atoms with Crippen LogP contribution in [0.3, 0.4) is 0 Å². The van der Waals surface area contributed by atoms with Crippen LogP contribution >= 0.6 is 0 Å². The van der Waals surface area contributed by atoms with Crippen molar-refractivity contribution in [3.63, 3.8) is 0 Å². The second kappa shape index (κ2) is 9.27. The molecule has 158 valence electrons. The zero-order valence-corrected chi connectivity index (χ0v) is 18.1. The lowest BCUT2D eigenvalue weighted by atomic mass is 10.2. The van der Waals surface area contributed by atoms with Gasteiger partial charge >= 0.3 is 0 Å². The van der Waals surface area contributed by atoms with Gasteiger partial charge in [0.25, 0.3) is 15.9 Å². The van der Waals surface area contributed by atoms with Gasteiger partial charge in [0.2, 0.25) is 0 Å². The van der Waals surface area contributed by atoms with Gasteiger partial charge in [0, 0.05) is 24.9 Å². The molecule has 0 heterocycles. The van der Waals surface area contributed by atoms with Gasteiger partial charge in [-0.15, -0.1) is 0 Å². The molecule has 0 atom stereocenters. The Balaban J connectivity index is 2.18. The molecule has 0 bridgehead atoms. The number of anilines is 1. The second-order valence-electron chi connectivity index (χ2n) is 6.19.